The molecule has 0 bridgehead atoms. The Morgan fingerprint density at radius 2 is 1.62 bits per heavy atom. The number of nitrogens with one attached hydrogen (secondary N) is 1. The summed E-state index contributed by atoms with van der Waals surface area (Å²) in [6.07, 6.45) is 0.795. The first kappa shape index (κ1) is 21.2. The summed E-state index contributed by atoms with van der Waals surface area (Å²) < 4.78 is 22.2. The fraction of sp³-hybridized carbons (Fsp3) is 0.200. The molecule has 0 atom stereocenters. The molecule has 0 aliphatic carbocycles. The number of fused-ring (bicyclic) bond motifs is 1. The van der Waals surface area contributed by atoms with Crippen molar-refractivity contribution in [3.63, 3.8) is 0 Å². The first-order valence-corrected chi connectivity index (χ1v) is 10.3. The first-order chi connectivity index (χ1) is 15.7. The van der Waals surface area contributed by atoms with E-state index in [4.69, 9.17) is 18.9 Å². The molecule has 1 N–H and O–H groups in total. The van der Waals surface area contributed by atoms with Gasteiger partial charge in [-0.2, -0.15) is 0 Å². The molecule has 0 spiro atoms. The lowest BCUT2D eigenvalue weighted by molar-refractivity contribution is -0.119. The maximum atomic E-state index is 12.5. The molecule has 7 heteroatoms. The predicted octanol–water partition coefficient (Wildman–Crippen LogP) is 4.22. The molecule has 0 radical (unpaired) electrons. The minimum Gasteiger partial charge on any atom is -0.490 e. The van der Waals surface area contributed by atoms with Gasteiger partial charge < -0.3 is 24.3 Å². The number of carbonyl (C=O) groups is 2. The van der Waals surface area contributed by atoms with Crippen LogP contribution in [0.1, 0.15) is 22.3 Å². The number of para-hydroxylation sites is 1. The Balaban J connectivity index is 1.33. The highest BCUT2D eigenvalue weighted by atomic mass is 16.5. The number of benzene rings is 3. The van der Waals surface area contributed by atoms with E-state index < -0.39 is 18.5 Å². The van der Waals surface area contributed by atoms with E-state index in [1.54, 1.807) is 42.5 Å². The van der Waals surface area contributed by atoms with Crippen LogP contribution in [-0.4, -0.2) is 31.7 Å². The van der Waals surface area contributed by atoms with Crippen LogP contribution < -0.4 is 19.5 Å². The van der Waals surface area contributed by atoms with Crippen molar-refractivity contribution in [3.05, 3.63) is 83.9 Å². The van der Waals surface area contributed by atoms with Crippen LogP contribution in [-0.2, 0) is 16.1 Å². The van der Waals surface area contributed by atoms with E-state index in [1.807, 2.05) is 30.3 Å². The number of ether oxygens (including phenoxy) is 4. The van der Waals surface area contributed by atoms with Crippen LogP contribution in [0.5, 0.6) is 17.2 Å². The molecule has 0 fully saturated rings. The van der Waals surface area contributed by atoms with Gasteiger partial charge in [0.15, 0.2) is 18.1 Å². The van der Waals surface area contributed by atoms with Gasteiger partial charge in [-0.3, -0.25) is 4.79 Å². The summed E-state index contributed by atoms with van der Waals surface area (Å²) in [6.45, 7) is 1.02. The van der Waals surface area contributed by atoms with E-state index >= 15 is 0 Å². The largest absolute Gasteiger partial charge is 0.490 e. The predicted molar refractivity (Wildman–Crippen MR) is 118 cm³/mol. The number of rotatable bonds is 7. The van der Waals surface area contributed by atoms with Gasteiger partial charge in [0.05, 0.1) is 13.2 Å². The fourth-order valence-corrected chi connectivity index (χ4v) is 3.14. The van der Waals surface area contributed by atoms with Crippen LogP contribution in [0, 0.1) is 0 Å². The van der Waals surface area contributed by atoms with Crippen molar-refractivity contribution in [2.75, 3.05) is 25.1 Å². The van der Waals surface area contributed by atoms with E-state index in [2.05, 4.69) is 5.32 Å². The second-order valence-corrected chi connectivity index (χ2v) is 7.11. The van der Waals surface area contributed by atoms with E-state index in [0.717, 1.165) is 12.0 Å². The molecule has 32 heavy (non-hydrogen) atoms. The van der Waals surface area contributed by atoms with Gasteiger partial charge in [0.1, 0.15) is 17.9 Å². The number of carbonyl (C=O) groups excluding carboxylic acids is 2. The summed E-state index contributed by atoms with van der Waals surface area (Å²) in [5.74, 6) is 0.503. The minimum atomic E-state index is -0.637. The molecule has 3 aromatic carbocycles. The zero-order chi connectivity index (χ0) is 22.2. The van der Waals surface area contributed by atoms with E-state index in [0.29, 0.717) is 42.8 Å². The summed E-state index contributed by atoms with van der Waals surface area (Å²) in [5.41, 5.74) is 1.76. The Kier molecular flexibility index (Phi) is 6.87. The minimum absolute atomic E-state index is 0.256. The third-order valence-corrected chi connectivity index (χ3v) is 4.71. The topological polar surface area (TPSA) is 83.1 Å². The van der Waals surface area contributed by atoms with Crippen molar-refractivity contribution < 1.29 is 28.5 Å². The van der Waals surface area contributed by atoms with Crippen LogP contribution in [0.15, 0.2) is 72.8 Å². The summed E-state index contributed by atoms with van der Waals surface area (Å²) in [6, 6.07) is 21.5. The van der Waals surface area contributed by atoms with Gasteiger partial charge in [-0.15, -0.1) is 0 Å². The normalized spacial score (nSPS) is 12.4. The zero-order valence-electron chi connectivity index (χ0n) is 17.4. The van der Waals surface area contributed by atoms with Crippen LogP contribution in [0.25, 0.3) is 0 Å². The first-order valence-electron chi connectivity index (χ1n) is 10.3. The van der Waals surface area contributed by atoms with Crippen LogP contribution >= 0.6 is 0 Å². The lowest BCUT2D eigenvalue weighted by Crippen LogP contribution is -2.21. The van der Waals surface area contributed by atoms with Crippen molar-refractivity contribution in [1.82, 2.24) is 0 Å². The Hall–Kier alpha value is -4.00. The van der Waals surface area contributed by atoms with Gasteiger partial charge in [0.25, 0.3) is 5.91 Å². The molecular formula is C25H23NO6. The molecule has 0 saturated carbocycles. The Morgan fingerprint density at radius 3 is 2.47 bits per heavy atom. The Labute approximate surface area is 185 Å². The average molecular weight is 433 g/mol. The number of hydrogen-bond acceptors (Lipinski definition) is 6. The molecule has 1 aliphatic heterocycles. The van der Waals surface area contributed by atoms with Gasteiger partial charge in [0.2, 0.25) is 0 Å². The molecule has 164 valence electrons. The quantitative estimate of drug-likeness (QED) is 0.562. The van der Waals surface area contributed by atoms with Crippen molar-refractivity contribution in [2.45, 2.75) is 13.0 Å². The molecule has 7 nitrogen and oxygen atoms in total. The lowest BCUT2D eigenvalue weighted by atomic mass is 10.2. The second-order valence-electron chi connectivity index (χ2n) is 7.11. The average Bonchev–Trinajstić information content (AvgIpc) is 3.07. The molecular weight excluding hydrogens is 410 g/mol. The van der Waals surface area contributed by atoms with Crippen molar-refractivity contribution >= 4 is 17.6 Å². The van der Waals surface area contributed by atoms with E-state index in [1.165, 1.54) is 0 Å². The maximum Gasteiger partial charge on any atom is 0.342 e. The summed E-state index contributed by atoms with van der Waals surface area (Å²) in [5, 5.41) is 2.70. The van der Waals surface area contributed by atoms with Gasteiger partial charge in [0, 0.05) is 18.2 Å². The molecule has 1 amide bonds. The van der Waals surface area contributed by atoms with Crippen LogP contribution in [0.2, 0.25) is 0 Å². The number of hydrogen-bond donors (Lipinski definition) is 1. The highest BCUT2D eigenvalue weighted by Crippen LogP contribution is 2.32. The SMILES string of the molecule is O=C(COC(=O)c1ccccc1OCc1ccccc1)Nc1ccc2c(c1)OCCCO2. The molecule has 1 heterocycles. The van der Waals surface area contributed by atoms with Gasteiger partial charge in [-0.25, -0.2) is 4.79 Å². The van der Waals surface area contributed by atoms with E-state index in [9.17, 15) is 9.59 Å². The zero-order valence-corrected chi connectivity index (χ0v) is 17.4. The lowest BCUT2D eigenvalue weighted by Gasteiger charge is -2.12. The molecule has 0 saturated heterocycles. The van der Waals surface area contributed by atoms with Gasteiger partial charge in [-0.1, -0.05) is 42.5 Å². The summed E-state index contributed by atoms with van der Waals surface area (Å²) in [7, 11) is 0. The van der Waals surface area contributed by atoms with Crippen molar-refractivity contribution in [3.8, 4) is 17.2 Å². The van der Waals surface area contributed by atoms with E-state index in [-0.39, 0.29) is 5.56 Å². The summed E-state index contributed by atoms with van der Waals surface area (Å²) >= 11 is 0. The Bertz CT molecular complexity index is 1080. The second kappa shape index (κ2) is 10.3. The van der Waals surface area contributed by atoms with Crippen molar-refractivity contribution in [1.29, 1.82) is 0 Å². The number of esters is 1. The molecule has 3 aromatic rings. The third-order valence-electron chi connectivity index (χ3n) is 4.71. The standard InChI is InChI=1S/C25H23NO6/c27-24(26-19-11-12-22-23(15-19)30-14-6-13-29-22)17-32-25(28)20-9-4-5-10-21(20)31-16-18-7-2-1-3-8-18/h1-5,7-12,15H,6,13-14,16-17H2,(H,26,27). The highest BCUT2D eigenvalue weighted by Gasteiger charge is 2.16. The highest BCUT2D eigenvalue weighted by molar-refractivity contribution is 5.96. The Morgan fingerprint density at radius 1 is 0.875 bits per heavy atom. The van der Waals surface area contributed by atoms with Gasteiger partial charge in [-0.05, 0) is 29.8 Å². The van der Waals surface area contributed by atoms with Crippen LogP contribution in [0.3, 0.4) is 0 Å². The van der Waals surface area contributed by atoms with Crippen LogP contribution in [0.4, 0.5) is 5.69 Å². The number of anilines is 1. The molecule has 0 aromatic heterocycles. The monoisotopic (exact) mass is 433 g/mol. The number of amides is 1. The third kappa shape index (κ3) is 5.57. The van der Waals surface area contributed by atoms with Crippen molar-refractivity contribution in [2.24, 2.45) is 0 Å². The molecule has 0 unspecified atom stereocenters. The maximum absolute atomic E-state index is 12.5. The smallest absolute Gasteiger partial charge is 0.342 e. The fourth-order valence-electron chi connectivity index (χ4n) is 3.14. The molecule has 1 aliphatic rings. The van der Waals surface area contributed by atoms with Gasteiger partial charge >= 0.3 is 5.97 Å². The summed E-state index contributed by atoms with van der Waals surface area (Å²) in [4.78, 5) is 24.8. The molecule has 4 rings (SSSR count).